The van der Waals surface area contributed by atoms with Crippen molar-refractivity contribution in [3.05, 3.63) is 53.9 Å². The minimum absolute atomic E-state index is 0.00234. The Morgan fingerprint density at radius 3 is 2.35 bits per heavy atom. The Kier molecular flexibility index (Phi) is 5.08. The Morgan fingerprint density at radius 1 is 1.15 bits per heavy atom. The Hall–Kier alpha value is -1.92. The largest absolute Gasteiger partial charge is 0.295 e. The van der Waals surface area contributed by atoms with Crippen LogP contribution in [0.5, 0.6) is 0 Å². The summed E-state index contributed by atoms with van der Waals surface area (Å²) in [5.74, 6) is 0. The summed E-state index contributed by atoms with van der Waals surface area (Å²) in [5.41, 5.74) is 3.69. The number of nitrogens with zero attached hydrogens (tertiary/aromatic N) is 3. The topological polar surface area (TPSA) is 55.2 Å². The molecule has 0 unspecified atom stereocenters. The van der Waals surface area contributed by atoms with Crippen molar-refractivity contribution in [3.8, 4) is 0 Å². The van der Waals surface area contributed by atoms with Gasteiger partial charge in [-0.1, -0.05) is 18.2 Å². The molecule has 6 heteroatoms. The third kappa shape index (κ3) is 4.43. The molecule has 0 saturated heterocycles. The van der Waals surface area contributed by atoms with Crippen molar-refractivity contribution in [1.29, 1.82) is 0 Å². The monoisotopic (exact) mass is 373 g/mol. The highest BCUT2D eigenvalue weighted by molar-refractivity contribution is 7.90. The molecule has 0 atom stereocenters. The van der Waals surface area contributed by atoms with Crippen molar-refractivity contribution < 1.29 is 8.42 Å². The number of hydrogen-bond acceptors (Lipinski definition) is 4. The summed E-state index contributed by atoms with van der Waals surface area (Å²) in [7, 11) is -3.13. The summed E-state index contributed by atoms with van der Waals surface area (Å²) in [4.78, 5) is 2.74. The number of sulfone groups is 1. The summed E-state index contributed by atoms with van der Waals surface area (Å²) in [5, 5.41) is 4.49. The van der Waals surface area contributed by atoms with Gasteiger partial charge in [0.1, 0.15) is 0 Å². The highest BCUT2D eigenvalue weighted by Crippen LogP contribution is 2.25. The second-order valence-corrected chi connectivity index (χ2v) is 9.99. The molecular formula is C20H27N3O2S. The van der Waals surface area contributed by atoms with Crippen LogP contribution in [0, 0.1) is 0 Å². The van der Waals surface area contributed by atoms with E-state index in [9.17, 15) is 8.42 Å². The zero-order chi connectivity index (χ0) is 18.9. The minimum atomic E-state index is -3.13. The molecule has 0 fully saturated rings. The maximum Gasteiger partial charge on any atom is 0.175 e. The van der Waals surface area contributed by atoms with E-state index in [-0.39, 0.29) is 5.54 Å². The molecule has 0 bridgehead atoms. The van der Waals surface area contributed by atoms with Crippen LogP contribution in [0.15, 0.2) is 47.6 Å². The van der Waals surface area contributed by atoms with Crippen LogP contribution in [0.1, 0.15) is 38.3 Å². The second kappa shape index (κ2) is 7.00. The smallest absolute Gasteiger partial charge is 0.175 e. The molecule has 3 rings (SSSR count). The third-order valence-electron chi connectivity index (χ3n) is 4.69. The van der Waals surface area contributed by atoms with Crippen LogP contribution in [0.3, 0.4) is 0 Å². The molecule has 1 aliphatic rings. The van der Waals surface area contributed by atoms with Gasteiger partial charge in [0.25, 0.3) is 0 Å². The van der Waals surface area contributed by atoms with Crippen molar-refractivity contribution in [2.75, 3.05) is 19.3 Å². The molecule has 2 aromatic rings. The van der Waals surface area contributed by atoms with Gasteiger partial charge in [-0.2, -0.15) is 5.10 Å². The predicted octanol–water partition coefficient (Wildman–Crippen LogP) is 3.33. The summed E-state index contributed by atoms with van der Waals surface area (Å²) >= 11 is 0. The molecular weight excluding hydrogens is 346 g/mol. The van der Waals surface area contributed by atoms with Crippen molar-refractivity contribution in [3.63, 3.8) is 0 Å². The molecule has 0 saturated carbocycles. The first kappa shape index (κ1) is 18.9. The maximum atomic E-state index is 11.5. The predicted molar refractivity (Wildman–Crippen MR) is 105 cm³/mol. The lowest BCUT2D eigenvalue weighted by molar-refractivity contribution is 0.294. The molecule has 0 radical (unpaired) electrons. The zero-order valence-electron chi connectivity index (χ0n) is 15.9. The number of hydrogen-bond donors (Lipinski definition) is 0. The molecule has 0 aliphatic carbocycles. The molecule has 0 amide bonds. The Balaban J connectivity index is 1.63. The van der Waals surface area contributed by atoms with Crippen molar-refractivity contribution in [2.45, 2.75) is 44.2 Å². The van der Waals surface area contributed by atoms with Gasteiger partial charge >= 0.3 is 0 Å². The van der Waals surface area contributed by atoms with E-state index < -0.39 is 9.84 Å². The SMILES string of the molecule is CC(C)(C)n1cc(C2=CCN(Cc3ccc(S(C)(=O)=O)cc3)CC2)cn1. The van der Waals surface area contributed by atoms with Crippen LogP contribution < -0.4 is 0 Å². The molecule has 5 nitrogen and oxygen atoms in total. The molecule has 26 heavy (non-hydrogen) atoms. The Morgan fingerprint density at radius 2 is 1.85 bits per heavy atom. The normalized spacial score (nSPS) is 16.5. The second-order valence-electron chi connectivity index (χ2n) is 7.97. The first-order valence-electron chi connectivity index (χ1n) is 8.89. The van der Waals surface area contributed by atoms with E-state index in [0.29, 0.717) is 4.90 Å². The summed E-state index contributed by atoms with van der Waals surface area (Å²) in [6.45, 7) is 9.15. The van der Waals surface area contributed by atoms with E-state index in [0.717, 1.165) is 31.6 Å². The highest BCUT2D eigenvalue weighted by Gasteiger charge is 2.18. The van der Waals surface area contributed by atoms with E-state index in [1.807, 2.05) is 23.0 Å². The Bertz CT molecular complexity index is 903. The van der Waals surface area contributed by atoms with E-state index in [2.05, 4.69) is 43.0 Å². The highest BCUT2D eigenvalue weighted by atomic mass is 32.2. The minimum Gasteiger partial charge on any atom is -0.295 e. The third-order valence-corrected chi connectivity index (χ3v) is 5.82. The van der Waals surface area contributed by atoms with Crippen LogP contribution >= 0.6 is 0 Å². The van der Waals surface area contributed by atoms with Crippen LogP contribution in [0.2, 0.25) is 0 Å². The first-order valence-corrected chi connectivity index (χ1v) is 10.8. The lowest BCUT2D eigenvalue weighted by Gasteiger charge is -2.26. The van der Waals surface area contributed by atoms with E-state index in [1.54, 1.807) is 12.1 Å². The van der Waals surface area contributed by atoms with E-state index in [4.69, 9.17) is 0 Å². The maximum absolute atomic E-state index is 11.5. The number of aromatic nitrogens is 2. The molecule has 1 aromatic carbocycles. The molecule has 140 valence electrons. The van der Waals surface area contributed by atoms with Gasteiger partial charge in [0, 0.05) is 37.7 Å². The van der Waals surface area contributed by atoms with Crippen LogP contribution in [-0.2, 0) is 21.9 Å². The Labute approximate surface area is 156 Å². The molecule has 0 N–H and O–H groups in total. The van der Waals surface area contributed by atoms with Gasteiger partial charge in [0.2, 0.25) is 0 Å². The fourth-order valence-corrected chi connectivity index (χ4v) is 3.70. The molecule has 2 heterocycles. The number of benzene rings is 1. The quantitative estimate of drug-likeness (QED) is 0.825. The molecule has 1 aliphatic heterocycles. The van der Waals surface area contributed by atoms with E-state index >= 15 is 0 Å². The average molecular weight is 374 g/mol. The average Bonchev–Trinajstić information content (AvgIpc) is 3.05. The van der Waals surface area contributed by atoms with Gasteiger partial charge in [-0.25, -0.2) is 8.42 Å². The van der Waals surface area contributed by atoms with Crippen molar-refractivity contribution in [1.82, 2.24) is 14.7 Å². The standard InChI is InChI=1S/C20H27N3O2S/c1-20(2,3)23-15-18(13-21-23)17-9-11-22(12-10-17)14-16-5-7-19(8-6-16)26(4,24)25/h5-9,13,15H,10-12,14H2,1-4H3. The molecule has 0 spiro atoms. The van der Waals surface area contributed by atoms with Gasteiger partial charge < -0.3 is 0 Å². The van der Waals surface area contributed by atoms with Crippen LogP contribution in [-0.4, -0.2) is 42.4 Å². The van der Waals surface area contributed by atoms with Crippen LogP contribution in [0.25, 0.3) is 5.57 Å². The van der Waals surface area contributed by atoms with Gasteiger partial charge in [-0.05, 0) is 50.5 Å². The van der Waals surface area contributed by atoms with Gasteiger partial charge in [0.15, 0.2) is 9.84 Å². The summed E-state index contributed by atoms with van der Waals surface area (Å²) < 4.78 is 25.1. The first-order chi connectivity index (χ1) is 12.1. The van der Waals surface area contributed by atoms with Crippen LogP contribution in [0.4, 0.5) is 0 Å². The molecule has 1 aromatic heterocycles. The lowest BCUT2D eigenvalue weighted by Crippen LogP contribution is -2.28. The fourth-order valence-electron chi connectivity index (χ4n) is 3.07. The van der Waals surface area contributed by atoms with Gasteiger partial charge in [-0.3, -0.25) is 9.58 Å². The van der Waals surface area contributed by atoms with Crippen molar-refractivity contribution in [2.24, 2.45) is 0 Å². The lowest BCUT2D eigenvalue weighted by atomic mass is 10.0. The van der Waals surface area contributed by atoms with Crippen molar-refractivity contribution >= 4 is 15.4 Å². The van der Waals surface area contributed by atoms with Gasteiger partial charge in [0.05, 0.1) is 16.6 Å². The fraction of sp³-hybridized carbons (Fsp3) is 0.450. The van der Waals surface area contributed by atoms with Gasteiger partial charge in [-0.15, -0.1) is 0 Å². The summed E-state index contributed by atoms with van der Waals surface area (Å²) in [6, 6.07) is 7.19. The zero-order valence-corrected chi connectivity index (χ0v) is 16.8. The van der Waals surface area contributed by atoms with E-state index in [1.165, 1.54) is 17.4 Å². The number of rotatable bonds is 4. The summed E-state index contributed by atoms with van der Waals surface area (Å²) in [6.07, 6.45) is 8.60.